The molecule has 0 radical (unpaired) electrons. The van der Waals surface area contributed by atoms with Crippen molar-refractivity contribution in [3.8, 4) is 0 Å². The predicted octanol–water partition coefficient (Wildman–Crippen LogP) is 3.03. The van der Waals surface area contributed by atoms with Crippen LogP contribution in [0, 0.1) is 5.82 Å². The van der Waals surface area contributed by atoms with Gasteiger partial charge in [-0.1, -0.05) is 22.0 Å². The third-order valence-corrected chi connectivity index (χ3v) is 3.56. The van der Waals surface area contributed by atoms with E-state index in [9.17, 15) is 9.18 Å². The number of aliphatic carboxylic acids is 1. The van der Waals surface area contributed by atoms with Crippen molar-refractivity contribution in [3.05, 3.63) is 34.1 Å². The molecule has 0 saturated heterocycles. The molecule has 0 unspecified atom stereocenters. The van der Waals surface area contributed by atoms with E-state index in [2.05, 4.69) is 20.8 Å². The summed E-state index contributed by atoms with van der Waals surface area (Å²) in [6.07, 6.45) is 2.27. The van der Waals surface area contributed by atoms with Crippen molar-refractivity contribution in [1.29, 1.82) is 0 Å². The van der Waals surface area contributed by atoms with Crippen molar-refractivity contribution < 1.29 is 14.3 Å². The first-order chi connectivity index (χ1) is 8.56. The second-order valence-electron chi connectivity index (χ2n) is 4.58. The molecule has 0 aromatic heterocycles. The second kappa shape index (κ2) is 5.80. The Labute approximate surface area is 114 Å². The van der Waals surface area contributed by atoms with Crippen LogP contribution in [-0.2, 0) is 11.3 Å². The van der Waals surface area contributed by atoms with Crippen LogP contribution in [-0.4, -0.2) is 28.6 Å². The summed E-state index contributed by atoms with van der Waals surface area (Å²) in [4.78, 5) is 12.7. The Bertz CT molecular complexity index is 449. The van der Waals surface area contributed by atoms with E-state index in [0.717, 1.165) is 12.8 Å². The number of hydrogen-bond acceptors (Lipinski definition) is 2. The van der Waals surface area contributed by atoms with Gasteiger partial charge < -0.3 is 5.11 Å². The summed E-state index contributed by atoms with van der Waals surface area (Å²) in [5.41, 5.74) is 0.621. The molecule has 1 aliphatic carbocycles. The highest BCUT2D eigenvalue weighted by Gasteiger charge is 2.29. The van der Waals surface area contributed by atoms with E-state index in [4.69, 9.17) is 5.11 Å². The van der Waals surface area contributed by atoms with Crippen LogP contribution in [0.1, 0.15) is 24.8 Å². The van der Waals surface area contributed by atoms with Crippen molar-refractivity contribution in [2.75, 3.05) is 6.54 Å². The summed E-state index contributed by atoms with van der Waals surface area (Å²) in [5.74, 6) is -1.05. The van der Waals surface area contributed by atoms with E-state index < -0.39 is 5.97 Å². The fraction of sp³-hybridized carbons (Fsp3) is 0.462. The van der Waals surface area contributed by atoms with Crippen molar-refractivity contribution in [2.45, 2.75) is 31.8 Å². The SMILES string of the molecule is O=C(O)CCN(Cc1ccc(Br)cc1F)C1CC1. The molecule has 1 aromatic carbocycles. The molecule has 3 nitrogen and oxygen atoms in total. The molecule has 0 aliphatic heterocycles. The van der Waals surface area contributed by atoms with Crippen LogP contribution in [0.15, 0.2) is 22.7 Å². The van der Waals surface area contributed by atoms with E-state index in [1.807, 2.05) is 0 Å². The Kier molecular flexibility index (Phi) is 4.35. The van der Waals surface area contributed by atoms with Crippen molar-refractivity contribution in [3.63, 3.8) is 0 Å². The summed E-state index contributed by atoms with van der Waals surface area (Å²) in [7, 11) is 0. The number of hydrogen-bond donors (Lipinski definition) is 1. The zero-order valence-corrected chi connectivity index (χ0v) is 11.5. The van der Waals surface area contributed by atoms with Crippen molar-refractivity contribution in [2.24, 2.45) is 0 Å². The van der Waals surface area contributed by atoms with Gasteiger partial charge in [-0.25, -0.2) is 4.39 Å². The normalized spacial score (nSPS) is 15.1. The van der Waals surface area contributed by atoms with E-state index in [0.29, 0.717) is 29.2 Å². The number of benzene rings is 1. The van der Waals surface area contributed by atoms with E-state index in [-0.39, 0.29) is 12.2 Å². The highest BCUT2D eigenvalue weighted by atomic mass is 79.9. The maximum atomic E-state index is 13.7. The third-order valence-electron chi connectivity index (χ3n) is 3.06. The molecule has 0 heterocycles. The summed E-state index contributed by atoms with van der Waals surface area (Å²) in [6.45, 7) is 0.965. The van der Waals surface area contributed by atoms with Crippen LogP contribution >= 0.6 is 15.9 Å². The van der Waals surface area contributed by atoms with Crippen LogP contribution in [0.5, 0.6) is 0 Å². The molecule has 18 heavy (non-hydrogen) atoms. The van der Waals surface area contributed by atoms with Gasteiger partial charge in [0.05, 0.1) is 6.42 Å². The molecule has 0 amide bonds. The average Bonchev–Trinajstić information content (AvgIpc) is 3.10. The molecule has 1 fully saturated rings. The number of nitrogens with zero attached hydrogens (tertiary/aromatic N) is 1. The van der Waals surface area contributed by atoms with Crippen LogP contribution in [0.2, 0.25) is 0 Å². The molecular weight excluding hydrogens is 301 g/mol. The molecule has 1 aromatic rings. The molecule has 1 N–H and O–H groups in total. The van der Waals surface area contributed by atoms with Gasteiger partial charge in [-0.2, -0.15) is 0 Å². The average molecular weight is 316 g/mol. The molecule has 2 rings (SSSR count). The number of halogens is 2. The van der Waals surface area contributed by atoms with E-state index in [1.54, 1.807) is 12.1 Å². The van der Waals surface area contributed by atoms with Gasteiger partial charge in [0.25, 0.3) is 0 Å². The largest absolute Gasteiger partial charge is 0.481 e. The molecule has 1 aliphatic rings. The highest BCUT2D eigenvalue weighted by Crippen LogP contribution is 2.29. The Hall–Kier alpha value is -0.940. The van der Waals surface area contributed by atoms with Crippen molar-refractivity contribution in [1.82, 2.24) is 4.90 Å². The second-order valence-corrected chi connectivity index (χ2v) is 5.50. The van der Waals surface area contributed by atoms with E-state index in [1.165, 1.54) is 6.07 Å². The fourth-order valence-corrected chi connectivity index (χ4v) is 2.27. The van der Waals surface area contributed by atoms with E-state index >= 15 is 0 Å². The third kappa shape index (κ3) is 3.78. The molecule has 1 saturated carbocycles. The van der Waals surface area contributed by atoms with Crippen LogP contribution in [0.3, 0.4) is 0 Å². The number of carboxylic acids is 1. The first-order valence-corrected chi connectivity index (χ1v) is 6.75. The predicted molar refractivity (Wildman–Crippen MR) is 69.8 cm³/mol. The first-order valence-electron chi connectivity index (χ1n) is 5.96. The summed E-state index contributed by atoms with van der Waals surface area (Å²) in [6, 6.07) is 5.42. The van der Waals surface area contributed by atoms with Gasteiger partial charge in [0.15, 0.2) is 0 Å². The lowest BCUT2D eigenvalue weighted by molar-refractivity contribution is -0.137. The van der Waals surface area contributed by atoms with Crippen LogP contribution in [0.25, 0.3) is 0 Å². The van der Waals surface area contributed by atoms with Gasteiger partial charge >= 0.3 is 5.97 Å². The lowest BCUT2D eigenvalue weighted by Crippen LogP contribution is -2.28. The quantitative estimate of drug-likeness (QED) is 0.877. The Balaban J connectivity index is 2.01. The molecule has 0 bridgehead atoms. The smallest absolute Gasteiger partial charge is 0.304 e. The number of carboxylic acid groups (broad SMARTS) is 1. The molecule has 5 heteroatoms. The maximum Gasteiger partial charge on any atom is 0.304 e. The number of rotatable bonds is 6. The summed E-state index contributed by atoms with van der Waals surface area (Å²) in [5, 5.41) is 8.71. The van der Waals surface area contributed by atoms with Gasteiger partial charge in [0.2, 0.25) is 0 Å². The molecule has 98 valence electrons. The zero-order valence-electron chi connectivity index (χ0n) is 9.90. The van der Waals surface area contributed by atoms with Gasteiger partial charge in [0.1, 0.15) is 5.82 Å². The summed E-state index contributed by atoms with van der Waals surface area (Å²) < 4.78 is 14.4. The Morgan fingerprint density at radius 1 is 1.50 bits per heavy atom. The summed E-state index contributed by atoms with van der Waals surface area (Å²) >= 11 is 3.22. The number of carbonyl (C=O) groups is 1. The Morgan fingerprint density at radius 3 is 2.78 bits per heavy atom. The lowest BCUT2D eigenvalue weighted by atomic mass is 10.2. The minimum atomic E-state index is -0.808. The van der Waals surface area contributed by atoms with Crippen molar-refractivity contribution >= 4 is 21.9 Å². The van der Waals surface area contributed by atoms with Gasteiger partial charge in [-0.3, -0.25) is 9.69 Å². The standard InChI is InChI=1S/C13H15BrFNO2/c14-10-2-1-9(12(15)7-10)8-16(11-3-4-11)6-5-13(17)18/h1-2,7,11H,3-6,8H2,(H,17,18). The highest BCUT2D eigenvalue weighted by molar-refractivity contribution is 9.10. The topological polar surface area (TPSA) is 40.5 Å². The van der Waals surface area contributed by atoms with Crippen LogP contribution in [0.4, 0.5) is 4.39 Å². The first kappa shape index (κ1) is 13.5. The van der Waals surface area contributed by atoms with Gasteiger partial charge in [-0.05, 0) is 25.0 Å². The molecule has 0 spiro atoms. The minimum absolute atomic E-state index is 0.106. The fourth-order valence-electron chi connectivity index (χ4n) is 1.94. The Morgan fingerprint density at radius 2 is 2.22 bits per heavy atom. The molecular formula is C13H15BrFNO2. The maximum absolute atomic E-state index is 13.7. The monoisotopic (exact) mass is 315 g/mol. The van der Waals surface area contributed by atoms with Crippen LogP contribution < -0.4 is 0 Å². The zero-order chi connectivity index (χ0) is 13.1. The van der Waals surface area contributed by atoms with Gasteiger partial charge in [0, 0.05) is 29.2 Å². The molecule has 0 atom stereocenters. The lowest BCUT2D eigenvalue weighted by Gasteiger charge is -2.21. The van der Waals surface area contributed by atoms with Gasteiger partial charge in [-0.15, -0.1) is 0 Å². The minimum Gasteiger partial charge on any atom is -0.481 e.